The van der Waals surface area contributed by atoms with Gasteiger partial charge in [-0.05, 0) is 40.9 Å². The molecule has 0 bridgehead atoms. The van der Waals surface area contributed by atoms with Gasteiger partial charge in [0.2, 0.25) is 0 Å². The lowest BCUT2D eigenvalue weighted by Gasteiger charge is -2.23. The molecule has 1 aromatic rings. The quantitative estimate of drug-likeness (QED) is 0.868. The lowest BCUT2D eigenvalue weighted by molar-refractivity contribution is 0.0115. The summed E-state index contributed by atoms with van der Waals surface area (Å²) in [6.07, 6.45) is 2.02. The van der Waals surface area contributed by atoms with Gasteiger partial charge < -0.3 is 15.2 Å². The minimum absolute atomic E-state index is 0.00639. The number of halogens is 1. The third-order valence-electron chi connectivity index (χ3n) is 3.27. The van der Waals surface area contributed by atoms with Crippen LogP contribution in [0.25, 0.3) is 0 Å². The van der Waals surface area contributed by atoms with Crippen molar-refractivity contribution >= 4 is 27.3 Å². The van der Waals surface area contributed by atoms with Crippen LogP contribution in [-0.2, 0) is 9.47 Å². The first kappa shape index (κ1) is 14.5. The Balaban J connectivity index is 1.96. The van der Waals surface area contributed by atoms with Crippen molar-refractivity contribution < 1.29 is 9.47 Å². The van der Waals surface area contributed by atoms with E-state index in [0.29, 0.717) is 5.92 Å². The third-order valence-corrected chi connectivity index (χ3v) is 4.96. The minimum atomic E-state index is 0.00639. The van der Waals surface area contributed by atoms with E-state index in [1.54, 1.807) is 11.3 Å². The predicted octanol–water partition coefficient (Wildman–Crippen LogP) is 3.34. The van der Waals surface area contributed by atoms with Crippen LogP contribution in [0.5, 0.6) is 0 Å². The Kier molecular flexibility index (Phi) is 5.63. The Bertz CT molecular complexity index is 366. The highest BCUT2D eigenvalue weighted by Gasteiger charge is 2.24. The zero-order valence-electron chi connectivity index (χ0n) is 10.6. The molecule has 3 atom stereocenters. The Labute approximate surface area is 121 Å². The number of nitrogens with two attached hydrogens (primary N) is 1. The number of rotatable bonds is 6. The smallest absolute Gasteiger partial charge is 0.107 e. The summed E-state index contributed by atoms with van der Waals surface area (Å²) in [4.78, 5) is 1.20. The van der Waals surface area contributed by atoms with Gasteiger partial charge in [0, 0.05) is 23.4 Å². The van der Waals surface area contributed by atoms with Gasteiger partial charge >= 0.3 is 0 Å². The van der Waals surface area contributed by atoms with E-state index in [1.165, 1.54) is 4.88 Å². The number of hydrogen-bond donors (Lipinski definition) is 1. The van der Waals surface area contributed by atoms with Gasteiger partial charge in [0.15, 0.2) is 0 Å². The van der Waals surface area contributed by atoms with E-state index < -0.39 is 0 Å². The maximum Gasteiger partial charge on any atom is 0.107 e. The fourth-order valence-electron chi connectivity index (χ4n) is 2.07. The number of ether oxygens (including phenoxy) is 2. The summed E-state index contributed by atoms with van der Waals surface area (Å²) >= 11 is 5.19. The van der Waals surface area contributed by atoms with E-state index >= 15 is 0 Å². The van der Waals surface area contributed by atoms with E-state index in [2.05, 4.69) is 35.0 Å². The average Bonchev–Trinajstić information content (AvgIpc) is 3.01. The second kappa shape index (κ2) is 7.01. The van der Waals surface area contributed by atoms with Crippen LogP contribution in [-0.4, -0.2) is 25.9 Å². The maximum absolute atomic E-state index is 6.18. The molecule has 0 spiro atoms. The summed E-state index contributed by atoms with van der Waals surface area (Å²) < 4.78 is 12.6. The Hall–Kier alpha value is 0.0600. The van der Waals surface area contributed by atoms with Gasteiger partial charge in [-0.25, -0.2) is 0 Å². The summed E-state index contributed by atoms with van der Waals surface area (Å²) in [5.41, 5.74) is 6.18. The highest BCUT2D eigenvalue weighted by molar-refractivity contribution is 9.11. The van der Waals surface area contributed by atoms with Gasteiger partial charge in [-0.2, -0.15) is 0 Å². The van der Waals surface area contributed by atoms with Crippen molar-refractivity contribution in [2.24, 2.45) is 11.7 Å². The molecular weight excluding hydrogens is 314 g/mol. The molecule has 3 nitrogen and oxygen atoms in total. The molecule has 2 N–H and O–H groups in total. The zero-order valence-corrected chi connectivity index (χ0v) is 13.0. The predicted molar refractivity (Wildman–Crippen MR) is 77.9 cm³/mol. The monoisotopic (exact) mass is 333 g/mol. The fourth-order valence-corrected chi connectivity index (χ4v) is 3.62. The molecule has 102 valence electrons. The Morgan fingerprint density at radius 3 is 3.00 bits per heavy atom. The van der Waals surface area contributed by atoms with Crippen LogP contribution in [0.2, 0.25) is 0 Å². The van der Waals surface area contributed by atoms with Crippen LogP contribution in [0.15, 0.2) is 15.9 Å². The lowest BCUT2D eigenvalue weighted by Crippen LogP contribution is -2.30. The molecule has 1 aliphatic rings. The average molecular weight is 334 g/mol. The van der Waals surface area contributed by atoms with Crippen LogP contribution in [0.4, 0.5) is 0 Å². The SMILES string of the molecule is CCC(N)C(OCC1CCOC1)c1ccc(Br)s1. The molecule has 5 heteroatoms. The first-order valence-electron chi connectivity index (χ1n) is 6.41. The van der Waals surface area contributed by atoms with Crippen molar-refractivity contribution in [1.29, 1.82) is 0 Å². The number of thiophene rings is 1. The first-order chi connectivity index (χ1) is 8.70. The van der Waals surface area contributed by atoms with Crippen LogP contribution in [0, 0.1) is 5.92 Å². The topological polar surface area (TPSA) is 44.5 Å². The summed E-state index contributed by atoms with van der Waals surface area (Å²) in [5, 5.41) is 0. The lowest BCUT2D eigenvalue weighted by atomic mass is 10.1. The van der Waals surface area contributed by atoms with E-state index in [9.17, 15) is 0 Å². The van der Waals surface area contributed by atoms with Gasteiger partial charge in [0.05, 0.1) is 17.0 Å². The largest absolute Gasteiger partial charge is 0.381 e. The third kappa shape index (κ3) is 3.78. The van der Waals surface area contributed by atoms with Gasteiger partial charge in [-0.3, -0.25) is 0 Å². The van der Waals surface area contributed by atoms with Gasteiger partial charge in [-0.15, -0.1) is 11.3 Å². The van der Waals surface area contributed by atoms with E-state index in [0.717, 1.165) is 36.4 Å². The molecule has 0 amide bonds. The fraction of sp³-hybridized carbons (Fsp3) is 0.692. The van der Waals surface area contributed by atoms with E-state index in [4.69, 9.17) is 15.2 Å². The molecule has 2 heterocycles. The standard InChI is InChI=1S/C13H20BrNO2S/c1-2-10(15)13(11-3-4-12(14)18-11)17-8-9-5-6-16-7-9/h3-4,9-10,13H,2,5-8,15H2,1H3. The molecule has 0 saturated carbocycles. The summed E-state index contributed by atoms with van der Waals surface area (Å²) in [5.74, 6) is 0.528. The van der Waals surface area contributed by atoms with Crippen LogP contribution in [0.3, 0.4) is 0 Å². The molecule has 1 aliphatic heterocycles. The Morgan fingerprint density at radius 1 is 1.61 bits per heavy atom. The van der Waals surface area contributed by atoms with Gasteiger partial charge in [-0.1, -0.05) is 6.92 Å². The van der Waals surface area contributed by atoms with E-state index in [1.807, 2.05) is 0 Å². The summed E-state index contributed by atoms with van der Waals surface area (Å²) in [7, 11) is 0. The van der Waals surface area contributed by atoms with Crippen molar-refractivity contribution in [1.82, 2.24) is 0 Å². The molecule has 2 rings (SSSR count). The van der Waals surface area contributed by atoms with Crippen molar-refractivity contribution in [2.45, 2.75) is 31.9 Å². The van der Waals surface area contributed by atoms with Crippen molar-refractivity contribution in [2.75, 3.05) is 19.8 Å². The van der Waals surface area contributed by atoms with Crippen molar-refractivity contribution in [3.8, 4) is 0 Å². The second-order valence-corrected chi connectivity index (χ2v) is 7.19. The maximum atomic E-state index is 6.18. The number of hydrogen-bond acceptors (Lipinski definition) is 4. The Morgan fingerprint density at radius 2 is 2.44 bits per heavy atom. The molecule has 1 aromatic heterocycles. The van der Waals surface area contributed by atoms with Crippen molar-refractivity contribution in [3.05, 3.63) is 20.8 Å². The van der Waals surface area contributed by atoms with E-state index in [-0.39, 0.29) is 12.1 Å². The van der Waals surface area contributed by atoms with Gasteiger partial charge in [0.25, 0.3) is 0 Å². The van der Waals surface area contributed by atoms with Crippen LogP contribution in [0.1, 0.15) is 30.7 Å². The van der Waals surface area contributed by atoms with Crippen molar-refractivity contribution in [3.63, 3.8) is 0 Å². The highest BCUT2D eigenvalue weighted by Crippen LogP contribution is 2.32. The molecule has 3 unspecified atom stereocenters. The molecule has 1 fully saturated rings. The minimum Gasteiger partial charge on any atom is -0.381 e. The molecule has 0 aliphatic carbocycles. The first-order valence-corrected chi connectivity index (χ1v) is 8.01. The molecular formula is C13H20BrNO2S. The molecule has 18 heavy (non-hydrogen) atoms. The summed E-state index contributed by atoms with van der Waals surface area (Å²) in [6, 6.07) is 4.20. The molecule has 1 saturated heterocycles. The molecule has 0 aromatic carbocycles. The normalized spacial score (nSPS) is 23.2. The molecule has 0 radical (unpaired) electrons. The van der Waals surface area contributed by atoms with Gasteiger partial charge in [0.1, 0.15) is 6.10 Å². The van der Waals surface area contributed by atoms with Crippen LogP contribution < -0.4 is 5.73 Å². The zero-order chi connectivity index (χ0) is 13.0. The van der Waals surface area contributed by atoms with Crippen LogP contribution >= 0.6 is 27.3 Å². The highest BCUT2D eigenvalue weighted by atomic mass is 79.9. The summed E-state index contributed by atoms with van der Waals surface area (Å²) in [6.45, 7) is 4.53. The second-order valence-electron chi connectivity index (χ2n) is 4.70.